The van der Waals surface area contributed by atoms with Crippen LogP contribution in [0.1, 0.15) is 16.1 Å². The molecule has 1 aliphatic rings. The predicted molar refractivity (Wildman–Crippen MR) is 131 cm³/mol. The zero-order valence-corrected chi connectivity index (χ0v) is 19.2. The average molecular weight is 455 g/mol. The number of amides is 1. The molecule has 1 aromatic carbocycles. The van der Waals surface area contributed by atoms with Gasteiger partial charge in [0.1, 0.15) is 11.5 Å². The molecule has 4 aromatic rings. The fourth-order valence-electron chi connectivity index (χ4n) is 4.01. The number of anilines is 3. The molecule has 0 spiro atoms. The van der Waals surface area contributed by atoms with Gasteiger partial charge in [-0.25, -0.2) is 4.98 Å². The molecule has 9 heteroatoms. The minimum atomic E-state index is -0.00637. The predicted octanol–water partition coefficient (Wildman–Crippen LogP) is 3.29. The number of benzene rings is 1. The van der Waals surface area contributed by atoms with Gasteiger partial charge in [-0.3, -0.25) is 9.48 Å². The van der Waals surface area contributed by atoms with Crippen molar-refractivity contribution in [2.45, 2.75) is 6.92 Å². The Morgan fingerprint density at radius 2 is 1.71 bits per heavy atom. The molecule has 0 atom stereocenters. The van der Waals surface area contributed by atoms with E-state index in [2.05, 4.69) is 30.5 Å². The van der Waals surface area contributed by atoms with Crippen LogP contribution >= 0.6 is 0 Å². The van der Waals surface area contributed by atoms with E-state index in [4.69, 9.17) is 0 Å². The summed E-state index contributed by atoms with van der Waals surface area (Å²) >= 11 is 0. The van der Waals surface area contributed by atoms with E-state index in [0.717, 1.165) is 28.5 Å². The Morgan fingerprint density at radius 1 is 0.912 bits per heavy atom. The van der Waals surface area contributed by atoms with Crippen LogP contribution in [-0.4, -0.2) is 61.9 Å². The van der Waals surface area contributed by atoms with E-state index in [1.165, 1.54) is 0 Å². The van der Waals surface area contributed by atoms with Crippen LogP contribution < -0.4 is 10.2 Å². The molecule has 172 valence electrons. The number of piperazine rings is 1. The van der Waals surface area contributed by atoms with Gasteiger partial charge in [-0.05, 0) is 42.8 Å². The van der Waals surface area contributed by atoms with Crippen LogP contribution in [-0.2, 0) is 7.05 Å². The molecule has 5 rings (SSSR count). The van der Waals surface area contributed by atoms with Crippen LogP contribution in [0, 0.1) is 6.92 Å². The van der Waals surface area contributed by atoms with Gasteiger partial charge in [-0.1, -0.05) is 30.3 Å². The van der Waals surface area contributed by atoms with Gasteiger partial charge in [0.2, 0.25) is 0 Å². The second kappa shape index (κ2) is 9.30. The van der Waals surface area contributed by atoms with Gasteiger partial charge in [-0.15, -0.1) is 10.2 Å². The molecule has 1 amide bonds. The Kier molecular flexibility index (Phi) is 5.90. The van der Waals surface area contributed by atoms with Crippen molar-refractivity contribution in [1.29, 1.82) is 0 Å². The van der Waals surface area contributed by atoms with E-state index in [-0.39, 0.29) is 5.91 Å². The molecule has 34 heavy (non-hydrogen) atoms. The number of hydrogen-bond donors (Lipinski definition) is 1. The van der Waals surface area contributed by atoms with E-state index >= 15 is 0 Å². The maximum absolute atomic E-state index is 13.2. The third-order valence-electron chi connectivity index (χ3n) is 5.88. The third kappa shape index (κ3) is 4.59. The molecule has 1 aliphatic heterocycles. The zero-order chi connectivity index (χ0) is 23.5. The normalized spacial score (nSPS) is 13.7. The van der Waals surface area contributed by atoms with Crippen molar-refractivity contribution < 1.29 is 4.79 Å². The number of carbonyl (C=O) groups is 1. The molecule has 0 unspecified atom stereocenters. The van der Waals surface area contributed by atoms with Gasteiger partial charge in [0.25, 0.3) is 5.91 Å². The van der Waals surface area contributed by atoms with Crippen LogP contribution in [0.15, 0.2) is 66.9 Å². The Labute approximate surface area is 198 Å². The number of aromatic nitrogens is 5. The lowest BCUT2D eigenvalue weighted by molar-refractivity contribution is 0.0735. The van der Waals surface area contributed by atoms with Gasteiger partial charge < -0.3 is 15.1 Å². The molecule has 0 radical (unpaired) electrons. The monoisotopic (exact) mass is 454 g/mol. The quantitative estimate of drug-likeness (QED) is 0.495. The summed E-state index contributed by atoms with van der Waals surface area (Å²) in [7, 11) is 1.81. The summed E-state index contributed by atoms with van der Waals surface area (Å²) in [5.74, 6) is 2.16. The summed E-state index contributed by atoms with van der Waals surface area (Å²) in [4.78, 5) is 21.5. The Balaban J connectivity index is 1.20. The lowest BCUT2D eigenvalue weighted by Gasteiger charge is -2.35. The van der Waals surface area contributed by atoms with Gasteiger partial charge in [0.05, 0.1) is 5.69 Å². The maximum Gasteiger partial charge on any atom is 0.272 e. The van der Waals surface area contributed by atoms with Crippen molar-refractivity contribution >= 4 is 23.4 Å². The highest BCUT2D eigenvalue weighted by atomic mass is 16.2. The molecule has 0 aliphatic carbocycles. The number of rotatable bonds is 5. The van der Waals surface area contributed by atoms with Gasteiger partial charge in [0.15, 0.2) is 11.6 Å². The first-order valence-corrected chi connectivity index (χ1v) is 11.2. The summed E-state index contributed by atoms with van der Waals surface area (Å²) in [5.41, 5.74) is 3.51. The molecule has 1 fully saturated rings. The van der Waals surface area contributed by atoms with Crippen LogP contribution in [0.4, 0.5) is 17.5 Å². The van der Waals surface area contributed by atoms with Gasteiger partial charge in [0, 0.05) is 45.0 Å². The number of aryl methyl sites for hydroxylation is 2. The van der Waals surface area contributed by atoms with Crippen molar-refractivity contribution in [3.63, 3.8) is 0 Å². The first-order valence-electron chi connectivity index (χ1n) is 11.2. The Morgan fingerprint density at radius 3 is 2.41 bits per heavy atom. The van der Waals surface area contributed by atoms with Crippen LogP contribution in [0.5, 0.6) is 0 Å². The second-order valence-corrected chi connectivity index (χ2v) is 8.30. The molecule has 9 nitrogen and oxygen atoms in total. The maximum atomic E-state index is 13.2. The number of hydrogen-bond acceptors (Lipinski definition) is 7. The Hall–Kier alpha value is -4.27. The molecule has 0 bridgehead atoms. The fourth-order valence-corrected chi connectivity index (χ4v) is 4.01. The van der Waals surface area contributed by atoms with Crippen LogP contribution in [0.2, 0.25) is 0 Å². The highest BCUT2D eigenvalue weighted by Gasteiger charge is 2.25. The van der Waals surface area contributed by atoms with Crippen molar-refractivity contribution in [3.05, 3.63) is 78.1 Å². The van der Waals surface area contributed by atoms with Crippen molar-refractivity contribution in [1.82, 2.24) is 29.9 Å². The highest BCUT2D eigenvalue weighted by Crippen LogP contribution is 2.21. The number of pyridine rings is 1. The summed E-state index contributed by atoms with van der Waals surface area (Å²) in [6, 6.07) is 19.5. The SMILES string of the molecule is Cc1ccnc(Nc2ccc(N3CCN(C(=O)c4cc(-c5ccccc5)nn4C)CC3)nn2)c1. The lowest BCUT2D eigenvalue weighted by Crippen LogP contribution is -2.49. The average Bonchev–Trinajstić information content (AvgIpc) is 3.26. The second-order valence-electron chi connectivity index (χ2n) is 8.30. The largest absolute Gasteiger partial charge is 0.352 e. The first-order chi connectivity index (χ1) is 16.6. The topological polar surface area (TPSA) is 92.1 Å². The molecular formula is C25H26N8O. The smallest absolute Gasteiger partial charge is 0.272 e. The standard InChI is InChI=1S/C25H26N8O/c1-18-10-11-26-23(16-18)27-22-8-9-24(29-28-22)32-12-14-33(15-13-32)25(34)21-17-20(30-31(21)2)19-6-4-3-5-7-19/h3-11,16-17H,12-15H2,1-2H3,(H,26,27,28). The van der Waals surface area contributed by atoms with E-state index in [1.54, 1.807) is 10.9 Å². The minimum Gasteiger partial charge on any atom is -0.352 e. The van der Waals surface area contributed by atoms with Crippen LogP contribution in [0.25, 0.3) is 11.3 Å². The summed E-state index contributed by atoms with van der Waals surface area (Å²) < 4.78 is 1.66. The molecule has 1 saturated heterocycles. The molecule has 3 aromatic heterocycles. The van der Waals surface area contributed by atoms with Crippen LogP contribution in [0.3, 0.4) is 0 Å². The number of nitrogens with zero attached hydrogens (tertiary/aromatic N) is 7. The zero-order valence-electron chi connectivity index (χ0n) is 19.2. The van der Waals surface area contributed by atoms with Gasteiger partial charge >= 0.3 is 0 Å². The first kappa shape index (κ1) is 21.6. The van der Waals surface area contributed by atoms with Crippen molar-refractivity contribution in [3.8, 4) is 11.3 Å². The molecular weight excluding hydrogens is 428 g/mol. The van der Waals surface area contributed by atoms with Crippen molar-refractivity contribution in [2.24, 2.45) is 7.05 Å². The van der Waals surface area contributed by atoms with E-state index in [1.807, 2.05) is 79.5 Å². The third-order valence-corrected chi connectivity index (χ3v) is 5.88. The lowest BCUT2D eigenvalue weighted by atomic mass is 10.1. The molecule has 4 heterocycles. The Bertz CT molecular complexity index is 1280. The summed E-state index contributed by atoms with van der Waals surface area (Å²) in [6.45, 7) is 4.62. The highest BCUT2D eigenvalue weighted by molar-refractivity contribution is 5.94. The minimum absolute atomic E-state index is 0.00637. The number of nitrogens with one attached hydrogen (secondary N) is 1. The van der Waals surface area contributed by atoms with E-state index in [0.29, 0.717) is 37.7 Å². The fraction of sp³-hybridized carbons (Fsp3) is 0.240. The molecule has 0 saturated carbocycles. The van der Waals surface area contributed by atoms with E-state index in [9.17, 15) is 4.79 Å². The summed E-state index contributed by atoms with van der Waals surface area (Å²) in [5, 5.41) is 16.4. The number of carbonyl (C=O) groups excluding carboxylic acids is 1. The molecule has 1 N–H and O–H groups in total. The van der Waals surface area contributed by atoms with E-state index < -0.39 is 0 Å². The van der Waals surface area contributed by atoms with Gasteiger partial charge in [-0.2, -0.15) is 5.10 Å². The summed E-state index contributed by atoms with van der Waals surface area (Å²) in [6.07, 6.45) is 1.76. The van der Waals surface area contributed by atoms with Crippen molar-refractivity contribution in [2.75, 3.05) is 36.4 Å².